The summed E-state index contributed by atoms with van der Waals surface area (Å²) in [5.74, 6) is 0.511. The number of fused-ring (bicyclic) bond motifs is 1. The Morgan fingerprint density at radius 3 is 2.86 bits per heavy atom. The van der Waals surface area contributed by atoms with E-state index in [0.717, 1.165) is 32.6 Å². The zero-order valence-electron chi connectivity index (χ0n) is 13.2. The van der Waals surface area contributed by atoms with Gasteiger partial charge in [-0.15, -0.1) is 0 Å². The molecular formula is C18H25N3O. The van der Waals surface area contributed by atoms with Crippen molar-refractivity contribution in [1.82, 2.24) is 5.32 Å². The molecule has 4 nitrogen and oxygen atoms in total. The number of ether oxygens (including phenoxy) is 1. The minimum atomic E-state index is 0.511. The first-order valence-corrected chi connectivity index (χ1v) is 7.89. The van der Waals surface area contributed by atoms with Crippen LogP contribution in [0.4, 0.5) is 0 Å². The summed E-state index contributed by atoms with van der Waals surface area (Å²) >= 11 is 0. The summed E-state index contributed by atoms with van der Waals surface area (Å²) in [4.78, 5) is 4.29. The molecule has 0 aliphatic carbocycles. The van der Waals surface area contributed by atoms with Gasteiger partial charge < -0.3 is 15.8 Å². The normalized spacial score (nSPS) is 11.8. The highest BCUT2D eigenvalue weighted by atomic mass is 16.5. The topological polar surface area (TPSA) is 59.6 Å². The van der Waals surface area contributed by atoms with Gasteiger partial charge in [0.15, 0.2) is 5.96 Å². The summed E-state index contributed by atoms with van der Waals surface area (Å²) in [6.45, 7) is 4.97. The van der Waals surface area contributed by atoms with Gasteiger partial charge in [0, 0.05) is 26.3 Å². The summed E-state index contributed by atoms with van der Waals surface area (Å²) in [7, 11) is 0. The number of nitrogens with two attached hydrogens (primary N) is 1. The average Bonchev–Trinajstić information content (AvgIpc) is 2.55. The molecule has 3 N–H and O–H groups in total. The van der Waals surface area contributed by atoms with E-state index >= 15 is 0 Å². The quantitative estimate of drug-likeness (QED) is 0.447. The molecule has 0 aromatic heterocycles. The first-order chi connectivity index (χ1) is 10.8. The monoisotopic (exact) mass is 299 g/mol. The third kappa shape index (κ3) is 5.04. The van der Waals surface area contributed by atoms with Crippen molar-refractivity contribution in [3.63, 3.8) is 0 Å². The second-order valence-corrected chi connectivity index (χ2v) is 5.13. The number of guanidine groups is 1. The lowest BCUT2D eigenvalue weighted by Gasteiger charge is -2.08. The predicted molar refractivity (Wildman–Crippen MR) is 93.3 cm³/mol. The Kier molecular flexibility index (Phi) is 6.71. The highest BCUT2D eigenvalue weighted by Gasteiger charge is 2.00. The standard InChI is InChI=1S/C18H25N3O/c1-2-22-14-6-12-20-18(19)21-13-11-16-9-5-8-15-7-3-4-10-17(15)16/h3-5,7-10H,2,6,11-14H2,1H3,(H3,19,20,21). The molecule has 0 saturated carbocycles. The van der Waals surface area contributed by atoms with Gasteiger partial charge in [0.25, 0.3) is 0 Å². The highest BCUT2D eigenvalue weighted by Crippen LogP contribution is 2.18. The summed E-state index contributed by atoms with van der Waals surface area (Å²) in [5, 5.41) is 5.75. The van der Waals surface area contributed by atoms with Gasteiger partial charge in [0.1, 0.15) is 0 Å². The van der Waals surface area contributed by atoms with Crippen LogP contribution in [0.5, 0.6) is 0 Å². The molecule has 118 valence electrons. The molecule has 2 aromatic rings. The Morgan fingerprint density at radius 1 is 1.18 bits per heavy atom. The van der Waals surface area contributed by atoms with Crippen LogP contribution in [-0.4, -0.2) is 32.3 Å². The van der Waals surface area contributed by atoms with Crippen molar-refractivity contribution in [2.45, 2.75) is 19.8 Å². The summed E-state index contributed by atoms with van der Waals surface area (Å²) in [5.41, 5.74) is 7.19. The Bertz CT molecular complexity index is 605. The van der Waals surface area contributed by atoms with Crippen LogP contribution in [0.25, 0.3) is 10.8 Å². The molecule has 0 aliphatic heterocycles. The van der Waals surface area contributed by atoms with E-state index in [9.17, 15) is 0 Å². The van der Waals surface area contributed by atoms with Gasteiger partial charge in [0.05, 0.1) is 0 Å². The molecule has 4 heteroatoms. The molecule has 0 saturated heterocycles. The van der Waals surface area contributed by atoms with Gasteiger partial charge in [-0.3, -0.25) is 4.99 Å². The number of hydrogen-bond acceptors (Lipinski definition) is 2. The fourth-order valence-electron chi connectivity index (χ4n) is 2.40. The SMILES string of the molecule is CCOCCCN=C(N)NCCc1cccc2ccccc12. The number of nitrogens with one attached hydrogen (secondary N) is 1. The molecular weight excluding hydrogens is 274 g/mol. The number of benzene rings is 2. The molecule has 0 unspecified atom stereocenters. The highest BCUT2D eigenvalue weighted by molar-refractivity contribution is 5.85. The minimum absolute atomic E-state index is 0.511. The molecule has 0 amide bonds. The lowest BCUT2D eigenvalue weighted by molar-refractivity contribution is 0.146. The number of hydrogen-bond donors (Lipinski definition) is 2. The van der Waals surface area contributed by atoms with E-state index in [0.29, 0.717) is 12.5 Å². The van der Waals surface area contributed by atoms with Gasteiger partial charge in [-0.05, 0) is 36.1 Å². The number of rotatable bonds is 8. The summed E-state index contributed by atoms with van der Waals surface area (Å²) in [6.07, 6.45) is 1.83. The maximum absolute atomic E-state index is 5.86. The van der Waals surface area contributed by atoms with E-state index in [2.05, 4.69) is 52.8 Å². The van der Waals surface area contributed by atoms with Crippen molar-refractivity contribution < 1.29 is 4.74 Å². The molecule has 2 rings (SSSR count). The van der Waals surface area contributed by atoms with E-state index in [-0.39, 0.29) is 0 Å². The zero-order chi connectivity index (χ0) is 15.6. The molecule has 0 heterocycles. The predicted octanol–water partition coefficient (Wildman–Crippen LogP) is 2.71. The second kappa shape index (κ2) is 9.05. The number of nitrogens with zero attached hydrogens (tertiary/aromatic N) is 1. The minimum Gasteiger partial charge on any atom is -0.382 e. The Morgan fingerprint density at radius 2 is 2.00 bits per heavy atom. The molecule has 0 atom stereocenters. The van der Waals surface area contributed by atoms with E-state index < -0.39 is 0 Å². The lowest BCUT2D eigenvalue weighted by atomic mass is 10.0. The fraction of sp³-hybridized carbons (Fsp3) is 0.389. The van der Waals surface area contributed by atoms with Crippen LogP contribution in [0, 0.1) is 0 Å². The third-order valence-corrected chi connectivity index (χ3v) is 3.51. The first kappa shape index (κ1) is 16.3. The molecule has 0 fully saturated rings. The maximum Gasteiger partial charge on any atom is 0.188 e. The maximum atomic E-state index is 5.86. The van der Waals surface area contributed by atoms with Crippen LogP contribution in [0.3, 0.4) is 0 Å². The van der Waals surface area contributed by atoms with E-state index in [4.69, 9.17) is 10.5 Å². The van der Waals surface area contributed by atoms with Crippen LogP contribution < -0.4 is 11.1 Å². The van der Waals surface area contributed by atoms with Crippen molar-refractivity contribution in [2.75, 3.05) is 26.3 Å². The van der Waals surface area contributed by atoms with Crippen molar-refractivity contribution in [3.05, 3.63) is 48.0 Å². The van der Waals surface area contributed by atoms with Crippen molar-refractivity contribution in [3.8, 4) is 0 Å². The van der Waals surface area contributed by atoms with Gasteiger partial charge >= 0.3 is 0 Å². The van der Waals surface area contributed by atoms with Crippen molar-refractivity contribution >= 4 is 16.7 Å². The zero-order valence-corrected chi connectivity index (χ0v) is 13.2. The van der Waals surface area contributed by atoms with Crippen molar-refractivity contribution in [1.29, 1.82) is 0 Å². The fourth-order valence-corrected chi connectivity index (χ4v) is 2.40. The molecule has 22 heavy (non-hydrogen) atoms. The summed E-state index contributed by atoms with van der Waals surface area (Å²) < 4.78 is 5.26. The van der Waals surface area contributed by atoms with E-state index in [1.165, 1.54) is 16.3 Å². The lowest BCUT2D eigenvalue weighted by Crippen LogP contribution is -2.33. The van der Waals surface area contributed by atoms with Gasteiger partial charge in [-0.25, -0.2) is 0 Å². The van der Waals surface area contributed by atoms with Crippen LogP contribution in [0.2, 0.25) is 0 Å². The average molecular weight is 299 g/mol. The Hall–Kier alpha value is -2.07. The third-order valence-electron chi connectivity index (χ3n) is 3.51. The van der Waals surface area contributed by atoms with Gasteiger partial charge in [0.2, 0.25) is 0 Å². The molecule has 0 spiro atoms. The Balaban J connectivity index is 1.79. The molecule has 0 aliphatic rings. The van der Waals surface area contributed by atoms with Crippen molar-refractivity contribution in [2.24, 2.45) is 10.7 Å². The number of aliphatic imine (C=N–C) groups is 1. The van der Waals surface area contributed by atoms with Crippen LogP contribution >= 0.6 is 0 Å². The van der Waals surface area contributed by atoms with Crippen LogP contribution in [0.15, 0.2) is 47.5 Å². The van der Waals surface area contributed by atoms with Gasteiger partial charge in [-0.1, -0.05) is 42.5 Å². The Labute approximate surface area is 132 Å². The van der Waals surface area contributed by atoms with Crippen LogP contribution in [0.1, 0.15) is 18.9 Å². The first-order valence-electron chi connectivity index (χ1n) is 7.89. The molecule has 0 bridgehead atoms. The molecule has 0 radical (unpaired) electrons. The smallest absolute Gasteiger partial charge is 0.188 e. The van der Waals surface area contributed by atoms with Crippen LogP contribution in [-0.2, 0) is 11.2 Å². The van der Waals surface area contributed by atoms with E-state index in [1.54, 1.807) is 0 Å². The molecule has 2 aromatic carbocycles. The summed E-state index contributed by atoms with van der Waals surface area (Å²) in [6, 6.07) is 14.9. The largest absolute Gasteiger partial charge is 0.382 e. The van der Waals surface area contributed by atoms with E-state index in [1.807, 2.05) is 6.92 Å². The van der Waals surface area contributed by atoms with Gasteiger partial charge in [-0.2, -0.15) is 0 Å². The second-order valence-electron chi connectivity index (χ2n) is 5.13.